The molecule has 5 heteroatoms. The standard InChI is InChI=1S/C13H14N2O3/c1-2-4-10-8-12(16)15(14-10)11-6-3-5-9(7-11)13(17)18/h3,5-8,14H,2,4H2,1H3,(H,17,18). The molecule has 0 aliphatic rings. The van der Waals surface area contributed by atoms with E-state index in [9.17, 15) is 9.59 Å². The Morgan fingerprint density at radius 2 is 2.17 bits per heavy atom. The number of hydrogen-bond donors (Lipinski definition) is 2. The summed E-state index contributed by atoms with van der Waals surface area (Å²) in [6.45, 7) is 2.03. The van der Waals surface area contributed by atoms with Gasteiger partial charge in [0.2, 0.25) is 0 Å². The summed E-state index contributed by atoms with van der Waals surface area (Å²) in [6.07, 6.45) is 1.73. The van der Waals surface area contributed by atoms with Gasteiger partial charge in [0.15, 0.2) is 0 Å². The smallest absolute Gasteiger partial charge is 0.335 e. The minimum absolute atomic E-state index is 0.158. The first-order chi connectivity index (χ1) is 8.61. The number of aryl methyl sites for hydroxylation is 1. The summed E-state index contributed by atoms with van der Waals surface area (Å²) in [5, 5.41) is 11.9. The van der Waals surface area contributed by atoms with E-state index in [1.807, 2.05) is 6.92 Å². The van der Waals surface area contributed by atoms with Crippen molar-refractivity contribution in [2.24, 2.45) is 0 Å². The van der Waals surface area contributed by atoms with Crippen LogP contribution in [0.2, 0.25) is 0 Å². The molecule has 2 aromatic rings. The molecular weight excluding hydrogens is 232 g/mol. The number of aromatic amines is 1. The molecule has 1 aromatic carbocycles. The lowest BCUT2D eigenvalue weighted by atomic mass is 10.2. The van der Waals surface area contributed by atoms with Crippen molar-refractivity contribution in [3.63, 3.8) is 0 Å². The quantitative estimate of drug-likeness (QED) is 0.864. The van der Waals surface area contributed by atoms with Gasteiger partial charge in [0.1, 0.15) is 0 Å². The summed E-state index contributed by atoms with van der Waals surface area (Å²) in [4.78, 5) is 22.7. The molecule has 0 saturated carbocycles. The Morgan fingerprint density at radius 1 is 1.39 bits per heavy atom. The maximum Gasteiger partial charge on any atom is 0.335 e. The molecule has 0 radical (unpaired) electrons. The summed E-state index contributed by atoms with van der Waals surface area (Å²) < 4.78 is 1.36. The number of rotatable bonds is 4. The molecule has 0 amide bonds. The van der Waals surface area contributed by atoms with E-state index >= 15 is 0 Å². The average molecular weight is 246 g/mol. The van der Waals surface area contributed by atoms with Crippen molar-refractivity contribution in [1.29, 1.82) is 0 Å². The van der Waals surface area contributed by atoms with Crippen LogP contribution in [0.15, 0.2) is 35.1 Å². The topological polar surface area (TPSA) is 75.1 Å². The number of nitrogens with zero attached hydrogens (tertiary/aromatic N) is 1. The van der Waals surface area contributed by atoms with E-state index in [-0.39, 0.29) is 11.1 Å². The summed E-state index contributed by atoms with van der Waals surface area (Å²) in [7, 11) is 0. The highest BCUT2D eigenvalue weighted by Crippen LogP contribution is 2.09. The maximum absolute atomic E-state index is 11.8. The third-order valence-electron chi connectivity index (χ3n) is 2.64. The van der Waals surface area contributed by atoms with Crippen molar-refractivity contribution in [2.75, 3.05) is 0 Å². The maximum atomic E-state index is 11.8. The zero-order chi connectivity index (χ0) is 13.1. The van der Waals surface area contributed by atoms with Crippen LogP contribution in [-0.2, 0) is 6.42 Å². The molecule has 0 saturated heterocycles. The lowest BCUT2D eigenvalue weighted by Crippen LogP contribution is -2.14. The first kappa shape index (κ1) is 12.2. The Balaban J connectivity index is 2.45. The predicted molar refractivity (Wildman–Crippen MR) is 67.3 cm³/mol. The van der Waals surface area contributed by atoms with Crippen LogP contribution in [-0.4, -0.2) is 20.9 Å². The van der Waals surface area contributed by atoms with Gasteiger partial charge in [-0.2, -0.15) is 0 Å². The summed E-state index contributed by atoms with van der Waals surface area (Å²) >= 11 is 0. The number of aromatic carboxylic acids is 1. The Kier molecular flexibility index (Phi) is 3.32. The normalized spacial score (nSPS) is 10.5. The number of aromatic nitrogens is 2. The minimum Gasteiger partial charge on any atom is -0.478 e. The first-order valence-electron chi connectivity index (χ1n) is 5.76. The molecule has 1 heterocycles. The lowest BCUT2D eigenvalue weighted by Gasteiger charge is -2.03. The molecule has 0 aliphatic carbocycles. The molecule has 0 fully saturated rings. The Morgan fingerprint density at radius 3 is 2.83 bits per heavy atom. The number of nitrogens with one attached hydrogen (secondary N) is 1. The van der Waals surface area contributed by atoms with Crippen LogP contribution in [0, 0.1) is 0 Å². The van der Waals surface area contributed by atoms with Crippen LogP contribution >= 0.6 is 0 Å². The second-order valence-corrected chi connectivity index (χ2v) is 4.06. The highest BCUT2D eigenvalue weighted by molar-refractivity contribution is 5.88. The predicted octanol–water partition coefficient (Wildman–Crippen LogP) is 1.82. The zero-order valence-electron chi connectivity index (χ0n) is 10.0. The Hall–Kier alpha value is -2.30. The van der Waals surface area contributed by atoms with Gasteiger partial charge in [-0.05, 0) is 24.6 Å². The lowest BCUT2D eigenvalue weighted by molar-refractivity contribution is 0.0697. The van der Waals surface area contributed by atoms with E-state index in [1.54, 1.807) is 12.1 Å². The molecular formula is C13H14N2O3. The van der Waals surface area contributed by atoms with Gasteiger partial charge in [-0.25, -0.2) is 9.48 Å². The largest absolute Gasteiger partial charge is 0.478 e. The van der Waals surface area contributed by atoms with E-state index in [0.717, 1.165) is 18.5 Å². The van der Waals surface area contributed by atoms with Gasteiger partial charge in [-0.3, -0.25) is 9.89 Å². The van der Waals surface area contributed by atoms with Gasteiger partial charge < -0.3 is 5.11 Å². The molecule has 1 aromatic heterocycles. The van der Waals surface area contributed by atoms with Crippen LogP contribution in [0.5, 0.6) is 0 Å². The molecule has 0 unspecified atom stereocenters. The minimum atomic E-state index is -1.01. The zero-order valence-corrected chi connectivity index (χ0v) is 10.0. The van der Waals surface area contributed by atoms with Gasteiger partial charge in [-0.1, -0.05) is 19.4 Å². The highest BCUT2D eigenvalue weighted by atomic mass is 16.4. The number of carboxylic acids is 1. The van der Waals surface area contributed by atoms with E-state index in [1.165, 1.54) is 22.9 Å². The number of carboxylic acid groups (broad SMARTS) is 1. The fraction of sp³-hybridized carbons (Fsp3) is 0.231. The van der Waals surface area contributed by atoms with Gasteiger partial charge in [0.05, 0.1) is 11.3 Å². The number of benzene rings is 1. The molecule has 2 N–H and O–H groups in total. The Bertz CT molecular complexity index is 625. The van der Waals surface area contributed by atoms with Crippen molar-refractivity contribution in [1.82, 2.24) is 9.78 Å². The van der Waals surface area contributed by atoms with Gasteiger partial charge >= 0.3 is 5.97 Å². The molecule has 2 rings (SSSR count). The number of H-pyrrole nitrogens is 1. The van der Waals surface area contributed by atoms with Crippen LogP contribution in [0.25, 0.3) is 5.69 Å². The second-order valence-electron chi connectivity index (χ2n) is 4.06. The van der Waals surface area contributed by atoms with Crippen molar-refractivity contribution in [3.8, 4) is 5.69 Å². The number of hydrogen-bond acceptors (Lipinski definition) is 2. The van der Waals surface area contributed by atoms with E-state index in [4.69, 9.17) is 5.11 Å². The summed E-state index contributed by atoms with van der Waals surface area (Å²) in [6, 6.07) is 7.81. The van der Waals surface area contributed by atoms with Crippen LogP contribution < -0.4 is 5.56 Å². The highest BCUT2D eigenvalue weighted by Gasteiger charge is 2.07. The summed E-state index contributed by atoms with van der Waals surface area (Å²) in [5.41, 5.74) is 1.36. The SMILES string of the molecule is CCCc1cc(=O)n(-c2cccc(C(=O)O)c2)[nH]1. The van der Waals surface area contributed by atoms with Crippen LogP contribution in [0.1, 0.15) is 29.4 Å². The second kappa shape index (κ2) is 4.91. The van der Waals surface area contributed by atoms with Crippen molar-refractivity contribution >= 4 is 5.97 Å². The van der Waals surface area contributed by atoms with Gasteiger partial charge in [0, 0.05) is 11.8 Å². The van der Waals surface area contributed by atoms with Gasteiger partial charge in [-0.15, -0.1) is 0 Å². The molecule has 0 atom stereocenters. The molecule has 0 spiro atoms. The fourth-order valence-corrected chi connectivity index (χ4v) is 1.81. The molecule has 5 nitrogen and oxygen atoms in total. The molecule has 0 bridgehead atoms. The Labute approximate surface area is 104 Å². The van der Waals surface area contributed by atoms with E-state index in [2.05, 4.69) is 5.10 Å². The van der Waals surface area contributed by atoms with Crippen molar-refractivity contribution < 1.29 is 9.90 Å². The van der Waals surface area contributed by atoms with Crippen LogP contribution in [0.3, 0.4) is 0 Å². The third-order valence-corrected chi connectivity index (χ3v) is 2.64. The molecule has 94 valence electrons. The average Bonchev–Trinajstić information content (AvgIpc) is 2.71. The molecule has 0 aliphatic heterocycles. The van der Waals surface area contributed by atoms with Crippen molar-refractivity contribution in [3.05, 3.63) is 51.9 Å². The molecule has 18 heavy (non-hydrogen) atoms. The van der Waals surface area contributed by atoms with E-state index in [0.29, 0.717) is 5.69 Å². The van der Waals surface area contributed by atoms with Gasteiger partial charge in [0.25, 0.3) is 5.56 Å². The van der Waals surface area contributed by atoms with Crippen LogP contribution in [0.4, 0.5) is 0 Å². The first-order valence-corrected chi connectivity index (χ1v) is 5.76. The monoisotopic (exact) mass is 246 g/mol. The number of carbonyl (C=O) groups is 1. The van der Waals surface area contributed by atoms with Crippen molar-refractivity contribution in [2.45, 2.75) is 19.8 Å². The third kappa shape index (κ3) is 2.34. The fourth-order valence-electron chi connectivity index (χ4n) is 1.81. The van der Waals surface area contributed by atoms with E-state index < -0.39 is 5.97 Å². The summed E-state index contributed by atoms with van der Waals surface area (Å²) in [5.74, 6) is -1.01.